The highest BCUT2D eigenvalue weighted by Gasteiger charge is 2.25. The van der Waals surface area contributed by atoms with Crippen molar-refractivity contribution in [2.24, 2.45) is 0 Å². The predicted molar refractivity (Wildman–Crippen MR) is 82.1 cm³/mol. The molecule has 0 spiro atoms. The highest BCUT2D eigenvalue weighted by atomic mass is 32.1. The minimum atomic E-state index is 0.466. The van der Waals surface area contributed by atoms with Crippen molar-refractivity contribution < 1.29 is 0 Å². The molecule has 3 aromatic rings. The first-order chi connectivity index (χ1) is 10.4. The third kappa shape index (κ3) is 2.56. The molecule has 0 radical (unpaired) electrons. The fraction of sp³-hybridized carbons (Fsp3) is 0.400. The maximum atomic E-state index is 4.52. The van der Waals surface area contributed by atoms with E-state index in [1.807, 2.05) is 12.4 Å². The zero-order chi connectivity index (χ0) is 14.1. The molecule has 1 fully saturated rings. The van der Waals surface area contributed by atoms with Gasteiger partial charge < -0.3 is 0 Å². The van der Waals surface area contributed by atoms with Gasteiger partial charge in [-0.3, -0.25) is 4.90 Å². The number of piperidine rings is 1. The van der Waals surface area contributed by atoms with Gasteiger partial charge in [0, 0.05) is 24.3 Å². The van der Waals surface area contributed by atoms with Gasteiger partial charge in [0.05, 0.1) is 6.04 Å². The molecule has 0 bridgehead atoms. The fourth-order valence-corrected chi connectivity index (χ4v) is 3.86. The van der Waals surface area contributed by atoms with E-state index in [1.54, 1.807) is 22.2 Å². The van der Waals surface area contributed by atoms with Crippen LogP contribution >= 0.6 is 11.3 Å². The summed E-state index contributed by atoms with van der Waals surface area (Å²) in [5.74, 6) is 0. The van der Waals surface area contributed by atoms with Crippen LogP contribution in [0.4, 0.5) is 0 Å². The van der Waals surface area contributed by atoms with Crippen LogP contribution in [-0.2, 0) is 6.54 Å². The van der Waals surface area contributed by atoms with Crippen LogP contribution in [0.25, 0.3) is 5.65 Å². The Morgan fingerprint density at radius 3 is 3.19 bits per heavy atom. The lowest BCUT2D eigenvalue weighted by Gasteiger charge is -2.34. The molecule has 4 rings (SSSR count). The topological polar surface area (TPSA) is 46.3 Å². The second-order valence-electron chi connectivity index (χ2n) is 5.45. The van der Waals surface area contributed by atoms with Gasteiger partial charge in [0.2, 0.25) is 0 Å². The van der Waals surface area contributed by atoms with Crippen LogP contribution in [-0.4, -0.2) is 31.0 Å². The SMILES string of the molecule is c1csc(C2CCCCN2Cc2ccn3ncnc3c2)n1. The van der Waals surface area contributed by atoms with Crippen molar-refractivity contribution in [3.05, 3.63) is 46.8 Å². The molecule has 21 heavy (non-hydrogen) atoms. The summed E-state index contributed by atoms with van der Waals surface area (Å²) in [5.41, 5.74) is 2.20. The van der Waals surface area contributed by atoms with Gasteiger partial charge in [-0.2, -0.15) is 5.10 Å². The molecule has 1 atom stereocenters. The third-order valence-corrected chi connectivity index (χ3v) is 4.96. The largest absolute Gasteiger partial charge is 0.290 e. The van der Waals surface area contributed by atoms with Crippen LogP contribution in [0.15, 0.2) is 36.2 Å². The number of thiazole rings is 1. The van der Waals surface area contributed by atoms with E-state index >= 15 is 0 Å². The van der Waals surface area contributed by atoms with Crippen LogP contribution in [0.1, 0.15) is 35.9 Å². The van der Waals surface area contributed by atoms with E-state index in [0.29, 0.717) is 6.04 Å². The molecule has 108 valence electrons. The molecular formula is C15H17N5S. The smallest absolute Gasteiger partial charge is 0.155 e. The molecule has 1 saturated heterocycles. The number of pyridine rings is 1. The van der Waals surface area contributed by atoms with Crippen LogP contribution in [0.3, 0.4) is 0 Å². The van der Waals surface area contributed by atoms with Gasteiger partial charge in [-0.1, -0.05) is 6.42 Å². The molecule has 0 saturated carbocycles. The van der Waals surface area contributed by atoms with E-state index in [0.717, 1.165) is 18.7 Å². The molecular weight excluding hydrogens is 282 g/mol. The number of hydrogen-bond acceptors (Lipinski definition) is 5. The minimum absolute atomic E-state index is 0.466. The fourth-order valence-electron chi connectivity index (χ4n) is 3.05. The molecule has 0 aliphatic carbocycles. The number of nitrogens with zero attached hydrogens (tertiary/aromatic N) is 5. The summed E-state index contributed by atoms with van der Waals surface area (Å²) in [5, 5.41) is 7.47. The van der Waals surface area contributed by atoms with Gasteiger partial charge in [-0.15, -0.1) is 11.3 Å². The lowest BCUT2D eigenvalue weighted by Crippen LogP contribution is -2.32. The lowest BCUT2D eigenvalue weighted by atomic mass is 10.0. The van der Waals surface area contributed by atoms with Crippen molar-refractivity contribution >= 4 is 17.0 Å². The molecule has 0 N–H and O–H groups in total. The van der Waals surface area contributed by atoms with Gasteiger partial charge >= 0.3 is 0 Å². The second-order valence-corrected chi connectivity index (χ2v) is 6.38. The average molecular weight is 299 g/mol. The molecule has 1 aliphatic heterocycles. The van der Waals surface area contributed by atoms with E-state index in [2.05, 4.69) is 37.5 Å². The monoisotopic (exact) mass is 299 g/mol. The van der Waals surface area contributed by atoms with E-state index in [-0.39, 0.29) is 0 Å². The number of rotatable bonds is 3. The Morgan fingerprint density at radius 2 is 2.29 bits per heavy atom. The Morgan fingerprint density at radius 1 is 1.29 bits per heavy atom. The van der Waals surface area contributed by atoms with Crippen LogP contribution in [0, 0.1) is 0 Å². The first kappa shape index (κ1) is 12.9. The van der Waals surface area contributed by atoms with Gasteiger partial charge in [-0.25, -0.2) is 14.5 Å². The van der Waals surface area contributed by atoms with Crippen molar-refractivity contribution in [3.8, 4) is 0 Å². The first-order valence-electron chi connectivity index (χ1n) is 7.32. The minimum Gasteiger partial charge on any atom is -0.290 e. The summed E-state index contributed by atoms with van der Waals surface area (Å²) in [6, 6.07) is 4.73. The predicted octanol–water partition coefficient (Wildman–Crippen LogP) is 2.91. The summed E-state index contributed by atoms with van der Waals surface area (Å²) in [6.45, 7) is 2.09. The standard InChI is InChI=1S/C15H17N5S/c1-2-6-19(13(3-1)15-16-5-8-21-15)10-12-4-7-20-14(9-12)17-11-18-20/h4-5,7-9,11,13H,1-3,6,10H2. The highest BCUT2D eigenvalue weighted by molar-refractivity contribution is 7.09. The molecule has 5 nitrogen and oxygen atoms in total. The van der Waals surface area contributed by atoms with Crippen LogP contribution in [0.5, 0.6) is 0 Å². The van der Waals surface area contributed by atoms with E-state index in [9.17, 15) is 0 Å². The van der Waals surface area contributed by atoms with E-state index in [1.165, 1.54) is 29.8 Å². The zero-order valence-electron chi connectivity index (χ0n) is 11.7. The number of aromatic nitrogens is 4. The first-order valence-corrected chi connectivity index (χ1v) is 8.20. The van der Waals surface area contributed by atoms with Crippen molar-refractivity contribution in [3.63, 3.8) is 0 Å². The third-order valence-electron chi connectivity index (χ3n) is 4.08. The summed E-state index contributed by atoms with van der Waals surface area (Å²) in [4.78, 5) is 11.3. The molecule has 1 unspecified atom stereocenters. The van der Waals surface area contributed by atoms with Gasteiger partial charge in [0.1, 0.15) is 11.3 Å². The lowest BCUT2D eigenvalue weighted by molar-refractivity contribution is 0.140. The number of fused-ring (bicyclic) bond motifs is 1. The van der Waals surface area contributed by atoms with Gasteiger partial charge in [-0.05, 0) is 37.1 Å². The molecule has 1 aliphatic rings. The van der Waals surface area contributed by atoms with Crippen LogP contribution < -0.4 is 0 Å². The Hall–Kier alpha value is -1.79. The van der Waals surface area contributed by atoms with Crippen molar-refractivity contribution in [2.45, 2.75) is 31.8 Å². The summed E-state index contributed by atoms with van der Waals surface area (Å²) >= 11 is 1.77. The Kier molecular flexibility index (Phi) is 3.40. The van der Waals surface area contributed by atoms with Crippen molar-refractivity contribution in [1.82, 2.24) is 24.5 Å². The average Bonchev–Trinajstić information content (AvgIpc) is 3.19. The van der Waals surface area contributed by atoms with Crippen molar-refractivity contribution in [1.29, 1.82) is 0 Å². The Labute approximate surface area is 127 Å². The molecule has 4 heterocycles. The second kappa shape index (κ2) is 5.54. The zero-order valence-corrected chi connectivity index (χ0v) is 12.5. The number of likely N-dealkylation sites (tertiary alicyclic amines) is 1. The highest BCUT2D eigenvalue weighted by Crippen LogP contribution is 2.33. The quantitative estimate of drug-likeness (QED) is 0.746. The maximum Gasteiger partial charge on any atom is 0.155 e. The van der Waals surface area contributed by atoms with Gasteiger partial charge in [0.15, 0.2) is 5.65 Å². The van der Waals surface area contributed by atoms with Crippen molar-refractivity contribution in [2.75, 3.05) is 6.54 Å². The normalized spacial score (nSPS) is 20.1. The summed E-state index contributed by atoms with van der Waals surface area (Å²) in [7, 11) is 0. The summed E-state index contributed by atoms with van der Waals surface area (Å²) < 4.78 is 1.80. The van der Waals surface area contributed by atoms with Crippen LogP contribution in [0.2, 0.25) is 0 Å². The Balaban J connectivity index is 1.58. The van der Waals surface area contributed by atoms with E-state index in [4.69, 9.17) is 0 Å². The summed E-state index contributed by atoms with van der Waals surface area (Å²) in [6.07, 6.45) is 9.27. The number of hydrogen-bond donors (Lipinski definition) is 0. The molecule has 0 aromatic carbocycles. The molecule has 0 amide bonds. The van der Waals surface area contributed by atoms with Gasteiger partial charge in [0.25, 0.3) is 0 Å². The molecule has 6 heteroatoms. The molecule has 3 aromatic heterocycles. The van der Waals surface area contributed by atoms with E-state index < -0.39 is 0 Å². The Bertz CT molecular complexity index is 721. The maximum absolute atomic E-state index is 4.52.